The maximum absolute atomic E-state index is 10.8. The number of hydrogen-bond donors (Lipinski definition) is 0. The quantitative estimate of drug-likeness (QED) is 0.661. The van der Waals surface area contributed by atoms with Crippen molar-refractivity contribution < 1.29 is 9.21 Å². The van der Waals surface area contributed by atoms with Crippen molar-refractivity contribution in [3.8, 4) is 0 Å². The van der Waals surface area contributed by atoms with E-state index < -0.39 is 0 Å². The smallest absolute Gasteiger partial charge is 0.185 e. The van der Waals surface area contributed by atoms with Crippen molar-refractivity contribution in [1.82, 2.24) is 9.55 Å². The second kappa shape index (κ2) is 4.14. The molecular formula is C14H12N2O2. The first kappa shape index (κ1) is 10.8. The average molecular weight is 240 g/mol. The third kappa shape index (κ3) is 1.62. The van der Waals surface area contributed by atoms with Crippen LogP contribution in [-0.2, 0) is 13.5 Å². The van der Waals surface area contributed by atoms with Gasteiger partial charge in [-0.2, -0.15) is 0 Å². The van der Waals surface area contributed by atoms with Gasteiger partial charge in [-0.3, -0.25) is 4.79 Å². The van der Waals surface area contributed by atoms with Gasteiger partial charge < -0.3 is 8.98 Å². The van der Waals surface area contributed by atoms with E-state index in [-0.39, 0.29) is 0 Å². The van der Waals surface area contributed by atoms with E-state index in [1.54, 1.807) is 0 Å². The SMILES string of the molecule is Cn1c(Cc2ccoc2C=O)nc2ccccc21. The van der Waals surface area contributed by atoms with Gasteiger partial charge in [-0.1, -0.05) is 12.1 Å². The monoisotopic (exact) mass is 240 g/mol. The summed E-state index contributed by atoms with van der Waals surface area (Å²) in [5, 5.41) is 0. The van der Waals surface area contributed by atoms with E-state index in [1.807, 2.05) is 41.9 Å². The summed E-state index contributed by atoms with van der Waals surface area (Å²) < 4.78 is 7.13. The average Bonchev–Trinajstić information content (AvgIpc) is 2.96. The Morgan fingerprint density at radius 2 is 2.17 bits per heavy atom. The molecule has 0 aliphatic rings. The van der Waals surface area contributed by atoms with Gasteiger partial charge in [-0.15, -0.1) is 0 Å². The van der Waals surface area contributed by atoms with Crippen LogP contribution in [0.2, 0.25) is 0 Å². The van der Waals surface area contributed by atoms with E-state index in [1.165, 1.54) is 6.26 Å². The molecule has 18 heavy (non-hydrogen) atoms. The number of rotatable bonds is 3. The summed E-state index contributed by atoms with van der Waals surface area (Å²) >= 11 is 0. The molecule has 4 heteroatoms. The third-order valence-corrected chi connectivity index (χ3v) is 3.12. The fraction of sp³-hybridized carbons (Fsp3) is 0.143. The van der Waals surface area contributed by atoms with Crippen LogP contribution in [0.1, 0.15) is 21.9 Å². The van der Waals surface area contributed by atoms with Crippen molar-refractivity contribution in [2.75, 3.05) is 0 Å². The second-order valence-corrected chi connectivity index (χ2v) is 4.18. The van der Waals surface area contributed by atoms with Crippen LogP contribution in [0.3, 0.4) is 0 Å². The minimum atomic E-state index is 0.377. The molecule has 0 N–H and O–H groups in total. The molecule has 0 aliphatic heterocycles. The lowest BCUT2D eigenvalue weighted by atomic mass is 10.2. The summed E-state index contributed by atoms with van der Waals surface area (Å²) in [4.78, 5) is 15.4. The Bertz CT molecular complexity index is 709. The van der Waals surface area contributed by atoms with Crippen LogP contribution < -0.4 is 0 Å². The van der Waals surface area contributed by atoms with E-state index in [2.05, 4.69) is 4.98 Å². The van der Waals surface area contributed by atoms with Crippen molar-refractivity contribution in [1.29, 1.82) is 0 Å². The van der Waals surface area contributed by atoms with Crippen LogP contribution in [0.5, 0.6) is 0 Å². The number of carbonyl (C=O) groups is 1. The molecule has 0 bridgehead atoms. The van der Waals surface area contributed by atoms with E-state index in [4.69, 9.17) is 4.42 Å². The Kier molecular flexibility index (Phi) is 2.48. The fourth-order valence-corrected chi connectivity index (χ4v) is 2.12. The molecular weight excluding hydrogens is 228 g/mol. The van der Waals surface area contributed by atoms with E-state index in [0.717, 1.165) is 28.7 Å². The number of benzene rings is 1. The van der Waals surface area contributed by atoms with Gasteiger partial charge in [0.25, 0.3) is 0 Å². The third-order valence-electron chi connectivity index (χ3n) is 3.12. The number of imidazole rings is 1. The summed E-state index contributed by atoms with van der Waals surface area (Å²) in [6.07, 6.45) is 2.86. The van der Waals surface area contributed by atoms with Crippen LogP contribution >= 0.6 is 0 Å². The highest BCUT2D eigenvalue weighted by Crippen LogP contribution is 2.18. The standard InChI is InChI=1S/C14H12N2O2/c1-16-12-5-3-2-4-11(12)15-14(16)8-10-6-7-18-13(10)9-17/h2-7,9H,8H2,1H3. The predicted molar refractivity (Wildman–Crippen MR) is 67.6 cm³/mol. The first-order valence-electron chi connectivity index (χ1n) is 5.71. The molecule has 1 aromatic carbocycles. The second-order valence-electron chi connectivity index (χ2n) is 4.18. The largest absolute Gasteiger partial charge is 0.461 e. The molecule has 0 unspecified atom stereocenters. The van der Waals surface area contributed by atoms with Gasteiger partial charge in [0, 0.05) is 19.0 Å². The van der Waals surface area contributed by atoms with Crippen molar-refractivity contribution >= 4 is 17.3 Å². The zero-order valence-corrected chi connectivity index (χ0v) is 9.96. The van der Waals surface area contributed by atoms with Gasteiger partial charge >= 0.3 is 0 Å². The number of carbonyl (C=O) groups excluding carboxylic acids is 1. The highest BCUT2D eigenvalue weighted by molar-refractivity contribution is 5.76. The summed E-state index contributed by atoms with van der Waals surface area (Å²) in [6, 6.07) is 9.77. The molecule has 2 heterocycles. The van der Waals surface area contributed by atoms with Crippen molar-refractivity contribution in [3.63, 3.8) is 0 Å². The molecule has 4 nitrogen and oxygen atoms in total. The first-order valence-corrected chi connectivity index (χ1v) is 5.71. The minimum absolute atomic E-state index is 0.377. The van der Waals surface area contributed by atoms with E-state index in [0.29, 0.717) is 12.2 Å². The number of aldehydes is 1. The predicted octanol–water partition coefficient (Wildman–Crippen LogP) is 2.57. The fourth-order valence-electron chi connectivity index (χ4n) is 2.12. The molecule has 0 saturated carbocycles. The molecule has 0 atom stereocenters. The number of para-hydroxylation sites is 2. The van der Waals surface area contributed by atoms with Crippen LogP contribution in [0, 0.1) is 0 Å². The Morgan fingerprint density at radius 1 is 1.33 bits per heavy atom. The first-order chi connectivity index (χ1) is 8.79. The summed E-state index contributed by atoms with van der Waals surface area (Å²) in [7, 11) is 1.98. The van der Waals surface area contributed by atoms with E-state index >= 15 is 0 Å². The summed E-state index contributed by atoms with van der Waals surface area (Å²) in [6.45, 7) is 0. The highest BCUT2D eigenvalue weighted by atomic mass is 16.3. The van der Waals surface area contributed by atoms with Gasteiger partial charge in [-0.05, 0) is 18.2 Å². The molecule has 0 saturated heterocycles. The number of aromatic nitrogens is 2. The number of fused-ring (bicyclic) bond motifs is 1. The maximum atomic E-state index is 10.8. The Hall–Kier alpha value is -2.36. The molecule has 3 aromatic rings. The van der Waals surface area contributed by atoms with Gasteiger partial charge in [0.15, 0.2) is 12.0 Å². The lowest BCUT2D eigenvalue weighted by molar-refractivity contribution is 0.109. The summed E-state index contributed by atoms with van der Waals surface area (Å²) in [5.41, 5.74) is 2.92. The number of nitrogens with zero attached hydrogens (tertiary/aromatic N) is 2. The molecule has 0 spiro atoms. The summed E-state index contributed by atoms with van der Waals surface area (Å²) in [5.74, 6) is 1.29. The van der Waals surface area contributed by atoms with Crippen LogP contribution in [0.25, 0.3) is 11.0 Å². The van der Waals surface area contributed by atoms with Crippen molar-refractivity contribution in [2.24, 2.45) is 7.05 Å². The van der Waals surface area contributed by atoms with Gasteiger partial charge in [0.1, 0.15) is 5.82 Å². The molecule has 3 rings (SSSR count). The topological polar surface area (TPSA) is 48.0 Å². The lowest BCUT2D eigenvalue weighted by Crippen LogP contribution is -1.99. The van der Waals surface area contributed by atoms with Crippen molar-refractivity contribution in [2.45, 2.75) is 6.42 Å². The van der Waals surface area contributed by atoms with Gasteiger partial charge in [-0.25, -0.2) is 4.98 Å². The van der Waals surface area contributed by atoms with Crippen LogP contribution in [0.4, 0.5) is 0 Å². The number of furan rings is 1. The maximum Gasteiger partial charge on any atom is 0.185 e. The van der Waals surface area contributed by atoms with E-state index in [9.17, 15) is 4.79 Å². The minimum Gasteiger partial charge on any atom is -0.461 e. The highest BCUT2D eigenvalue weighted by Gasteiger charge is 2.11. The molecule has 0 amide bonds. The molecule has 0 radical (unpaired) electrons. The molecule has 90 valence electrons. The molecule has 0 fully saturated rings. The number of aryl methyl sites for hydroxylation is 1. The van der Waals surface area contributed by atoms with Gasteiger partial charge in [0.05, 0.1) is 17.3 Å². The zero-order valence-electron chi connectivity index (χ0n) is 9.96. The van der Waals surface area contributed by atoms with Crippen LogP contribution in [-0.4, -0.2) is 15.8 Å². The van der Waals surface area contributed by atoms with Crippen LogP contribution in [0.15, 0.2) is 41.0 Å². The Labute approximate surface area is 104 Å². The molecule has 0 aliphatic carbocycles. The Morgan fingerprint density at radius 3 is 2.94 bits per heavy atom. The van der Waals surface area contributed by atoms with Gasteiger partial charge in [0.2, 0.25) is 0 Å². The number of hydrogen-bond acceptors (Lipinski definition) is 3. The zero-order chi connectivity index (χ0) is 12.5. The normalized spacial score (nSPS) is 10.9. The Balaban J connectivity index is 2.05. The van der Waals surface area contributed by atoms with Crippen molar-refractivity contribution in [3.05, 3.63) is 53.7 Å². The molecule has 2 aromatic heterocycles. The lowest BCUT2D eigenvalue weighted by Gasteiger charge is -2.00.